The first-order valence-corrected chi connectivity index (χ1v) is 6.71. The zero-order valence-corrected chi connectivity index (χ0v) is 11.1. The summed E-state index contributed by atoms with van der Waals surface area (Å²) in [5.41, 5.74) is -0.138. The normalized spacial score (nSPS) is 15.8. The summed E-state index contributed by atoms with van der Waals surface area (Å²) in [5, 5.41) is 2.90. The lowest BCUT2D eigenvalue weighted by Crippen LogP contribution is -2.37. The zero-order valence-electron chi connectivity index (χ0n) is 11.1. The Kier molecular flexibility index (Phi) is 3.26. The summed E-state index contributed by atoms with van der Waals surface area (Å²) in [5.74, 6) is -0.377. The van der Waals surface area contributed by atoms with Gasteiger partial charge in [-0.15, -0.1) is 0 Å². The molecule has 1 saturated carbocycles. The quantitative estimate of drug-likeness (QED) is 0.904. The third-order valence-corrected chi connectivity index (χ3v) is 3.79. The van der Waals surface area contributed by atoms with Crippen molar-refractivity contribution in [2.45, 2.75) is 24.8 Å². The summed E-state index contributed by atoms with van der Waals surface area (Å²) >= 11 is 0. The van der Waals surface area contributed by atoms with E-state index in [1.54, 1.807) is 30.7 Å². The molecule has 1 aromatic heterocycles. The van der Waals surface area contributed by atoms with E-state index in [1.165, 1.54) is 6.07 Å². The molecule has 1 fully saturated rings. The van der Waals surface area contributed by atoms with Gasteiger partial charge in [0.15, 0.2) is 0 Å². The van der Waals surface area contributed by atoms with E-state index < -0.39 is 5.41 Å². The number of carbonyl (C=O) groups excluding carboxylic acids is 1. The van der Waals surface area contributed by atoms with Crippen molar-refractivity contribution in [3.05, 3.63) is 54.4 Å². The Morgan fingerprint density at radius 3 is 2.85 bits per heavy atom. The Morgan fingerprint density at radius 2 is 2.20 bits per heavy atom. The molecule has 0 spiro atoms. The first-order valence-electron chi connectivity index (χ1n) is 6.71. The first-order chi connectivity index (χ1) is 9.72. The maximum absolute atomic E-state index is 13.8. The Morgan fingerprint density at radius 1 is 1.40 bits per heavy atom. The maximum atomic E-state index is 13.8. The van der Waals surface area contributed by atoms with Crippen molar-refractivity contribution < 1.29 is 9.18 Å². The van der Waals surface area contributed by atoms with E-state index in [0.29, 0.717) is 31.5 Å². The molecule has 0 aliphatic heterocycles. The summed E-state index contributed by atoms with van der Waals surface area (Å²) in [6.07, 6.45) is 6.67. The minimum atomic E-state index is -0.652. The van der Waals surface area contributed by atoms with Gasteiger partial charge in [0, 0.05) is 31.0 Å². The summed E-state index contributed by atoms with van der Waals surface area (Å²) < 4.78 is 15.7. The Balaban J connectivity index is 1.63. The van der Waals surface area contributed by atoms with Gasteiger partial charge in [-0.3, -0.25) is 4.79 Å². The molecule has 0 atom stereocenters. The van der Waals surface area contributed by atoms with Crippen LogP contribution in [0.3, 0.4) is 0 Å². The van der Waals surface area contributed by atoms with E-state index in [4.69, 9.17) is 0 Å². The van der Waals surface area contributed by atoms with Gasteiger partial charge in [-0.25, -0.2) is 9.37 Å². The molecule has 5 heteroatoms. The second-order valence-electron chi connectivity index (χ2n) is 5.12. The fourth-order valence-corrected chi connectivity index (χ4v) is 2.48. The van der Waals surface area contributed by atoms with Crippen molar-refractivity contribution >= 4 is 5.91 Å². The highest BCUT2D eigenvalue weighted by atomic mass is 19.1. The number of benzene rings is 1. The van der Waals surface area contributed by atoms with Crippen molar-refractivity contribution in [1.82, 2.24) is 14.9 Å². The van der Waals surface area contributed by atoms with Gasteiger partial charge >= 0.3 is 0 Å². The summed E-state index contributed by atoms with van der Waals surface area (Å²) in [6, 6.07) is 6.54. The number of hydrogen-bond acceptors (Lipinski definition) is 2. The molecule has 4 nitrogen and oxygen atoms in total. The molecular formula is C15H16FN3O. The Labute approximate surface area is 116 Å². The van der Waals surface area contributed by atoms with E-state index >= 15 is 0 Å². The lowest BCUT2D eigenvalue weighted by molar-refractivity contribution is -0.123. The highest BCUT2D eigenvalue weighted by Crippen LogP contribution is 2.49. The molecule has 1 heterocycles. The first kappa shape index (κ1) is 12.8. The standard InChI is InChI=1S/C15H16FN3O/c16-13-4-2-1-3-12(13)15(5-6-15)14(20)18-8-10-19-9-7-17-11-19/h1-4,7,9,11H,5-6,8,10H2,(H,18,20). The minimum Gasteiger partial charge on any atom is -0.354 e. The topological polar surface area (TPSA) is 46.9 Å². The molecule has 1 aromatic carbocycles. The maximum Gasteiger partial charge on any atom is 0.230 e. The van der Waals surface area contributed by atoms with E-state index in [1.807, 2.05) is 10.8 Å². The second-order valence-corrected chi connectivity index (χ2v) is 5.12. The third kappa shape index (κ3) is 2.31. The van der Waals surface area contributed by atoms with Gasteiger partial charge < -0.3 is 9.88 Å². The van der Waals surface area contributed by atoms with Crippen LogP contribution in [0.4, 0.5) is 4.39 Å². The lowest BCUT2D eigenvalue weighted by atomic mass is 9.94. The van der Waals surface area contributed by atoms with E-state index in [9.17, 15) is 9.18 Å². The number of rotatable bonds is 5. The number of halogens is 1. The number of carbonyl (C=O) groups is 1. The lowest BCUT2D eigenvalue weighted by Gasteiger charge is -2.16. The number of nitrogens with one attached hydrogen (secondary N) is 1. The van der Waals surface area contributed by atoms with Gasteiger partial charge in [-0.1, -0.05) is 18.2 Å². The van der Waals surface area contributed by atoms with Gasteiger partial charge in [0.25, 0.3) is 0 Å². The fourth-order valence-electron chi connectivity index (χ4n) is 2.48. The predicted molar refractivity (Wildman–Crippen MR) is 72.5 cm³/mol. The van der Waals surface area contributed by atoms with Gasteiger partial charge in [0.1, 0.15) is 5.82 Å². The molecule has 1 aliphatic carbocycles. The van der Waals surface area contributed by atoms with Crippen LogP contribution in [0, 0.1) is 5.82 Å². The molecule has 2 aromatic rings. The van der Waals surface area contributed by atoms with Crippen LogP contribution in [0.5, 0.6) is 0 Å². The SMILES string of the molecule is O=C(NCCn1ccnc1)C1(c2ccccc2F)CC1. The number of nitrogens with zero attached hydrogens (tertiary/aromatic N) is 2. The van der Waals surface area contributed by atoms with Crippen LogP contribution in [0.2, 0.25) is 0 Å². The molecule has 0 unspecified atom stereocenters. The molecule has 3 rings (SSSR count). The van der Waals surface area contributed by atoms with Crippen molar-refractivity contribution in [1.29, 1.82) is 0 Å². The number of imidazole rings is 1. The van der Waals surface area contributed by atoms with Crippen LogP contribution < -0.4 is 5.32 Å². The van der Waals surface area contributed by atoms with Crippen LogP contribution in [-0.2, 0) is 16.8 Å². The summed E-state index contributed by atoms with van der Waals surface area (Å²) in [6.45, 7) is 1.19. The van der Waals surface area contributed by atoms with Gasteiger partial charge in [0.2, 0.25) is 5.91 Å². The molecule has 20 heavy (non-hydrogen) atoms. The predicted octanol–water partition coefficient (Wildman–Crippen LogP) is 1.87. The van der Waals surface area contributed by atoms with Crippen LogP contribution in [-0.4, -0.2) is 22.0 Å². The van der Waals surface area contributed by atoms with E-state index in [2.05, 4.69) is 10.3 Å². The number of aromatic nitrogens is 2. The smallest absolute Gasteiger partial charge is 0.230 e. The molecule has 0 saturated heterocycles. The monoisotopic (exact) mass is 273 g/mol. The number of amides is 1. The molecule has 1 amide bonds. The average molecular weight is 273 g/mol. The van der Waals surface area contributed by atoms with Crippen LogP contribution >= 0.6 is 0 Å². The largest absolute Gasteiger partial charge is 0.354 e. The summed E-state index contributed by atoms with van der Waals surface area (Å²) in [7, 11) is 0. The van der Waals surface area contributed by atoms with Crippen LogP contribution in [0.25, 0.3) is 0 Å². The molecule has 1 N–H and O–H groups in total. The van der Waals surface area contributed by atoms with Crippen molar-refractivity contribution in [3.8, 4) is 0 Å². The zero-order chi connectivity index (χ0) is 14.0. The Bertz CT molecular complexity index is 605. The minimum absolute atomic E-state index is 0.0808. The molecule has 0 bridgehead atoms. The van der Waals surface area contributed by atoms with Crippen molar-refractivity contribution in [3.63, 3.8) is 0 Å². The highest BCUT2D eigenvalue weighted by Gasteiger charge is 2.52. The molecule has 1 aliphatic rings. The fraction of sp³-hybridized carbons (Fsp3) is 0.333. The summed E-state index contributed by atoms with van der Waals surface area (Å²) in [4.78, 5) is 16.2. The van der Waals surface area contributed by atoms with Crippen LogP contribution in [0.1, 0.15) is 18.4 Å². The van der Waals surface area contributed by atoms with Crippen LogP contribution in [0.15, 0.2) is 43.0 Å². The average Bonchev–Trinajstić information content (AvgIpc) is 3.09. The third-order valence-electron chi connectivity index (χ3n) is 3.79. The molecular weight excluding hydrogens is 257 g/mol. The van der Waals surface area contributed by atoms with Crippen molar-refractivity contribution in [2.75, 3.05) is 6.54 Å². The van der Waals surface area contributed by atoms with Crippen molar-refractivity contribution in [2.24, 2.45) is 0 Å². The molecule has 0 radical (unpaired) electrons. The van der Waals surface area contributed by atoms with Gasteiger partial charge in [-0.05, 0) is 18.9 Å². The van der Waals surface area contributed by atoms with E-state index in [-0.39, 0.29) is 11.7 Å². The number of hydrogen-bond donors (Lipinski definition) is 1. The second kappa shape index (κ2) is 5.07. The Hall–Kier alpha value is -2.17. The van der Waals surface area contributed by atoms with Gasteiger partial charge in [0.05, 0.1) is 11.7 Å². The molecule has 104 valence electrons. The van der Waals surface area contributed by atoms with Gasteiger partial charge in [-0.2, -0.15) is 0 Å². The highest BCUT2D eigenvalue weighted by molar-refractivity contribution is 5.91. The van der Waals surface area contributed by atoms with E-state index in [0.717, 1.165) is 0 Å².